The maximum absolute atomic E-state index is 12.2. The molecule has 1 aromatic carbocycles. The van der Waals surface area contributed by atoms with Gasteiger partial charge in [0.2, 0.25) is 0 Å². The van der Waals surface area contributed by atoms with Crippen molar-refractivity contribution >= 4 is 17.6 Å². The van der Waals surface area contributed by atoms with Crippen molar-refractivity contribution < 1.29 is 9.53 Å². The average molecular weight is 346 g/mol. The van der Waals surface area contributed by atoms with Crippen LogP contribution in [0.4, 0.5) is 4.79 Å². The first-order chi connectivity index (χ1) is 11.6. The molecular formula is C18H20ClN3O2. The minimum absolute atomic E-state index is 0.0587. The minimum atomic E-state index is -0.215. The van der Waals surface area contributed by atoms with Gasteiger partial charge in [0, 0.05) is 17.3 Å². The number of hydrogen-bond acceptors (Lipinski definition) is 3. The molecule has 0 radical (unpaired) electrons. The van der Waals surface area contributed by atoms with E-state index < -0.39 is 0 Å². The minimum Gasteiger partial charge on any atom is -0.371 e. The lowest BCUT2D eigenvalue weighted by molar-refractivity contribution is 0.0999. The first-order valence-electron chi connectivity index (χ1n) is 7.96. The molecule has 1 aromatic heterocycles. The summed E-state index contributed by atoms with van der Waals surface area (Å²) < 4.78 is 5.77. The van der Waals surface area contributed by atoms with E-state index in [4.69, 9.17) is 16.3 Å². The van der Waals surface area contributed by atoms with Crippen LogP contribution in [0.1, 0.15) is 29.5 Å². The molecule has 24 heavy (non-hydrogen) atoms. The highest BCUT2D eigenvalue weighted by molar-refractivity contribution is 6.30. The number of amides is 2. The summed E-state index contributed by atoms with van der Waals surface area (Å²) in [7, 11) is 0. The molecule has 0 aliphatic carbocycles. The number of aryl methyl sites for hydroxylation is 1. The Labute approximate surface area is 146 Å². The molecule has 0 unspecified atom stereocenters. The summed E-state index contributed by atoms with van der Waals surface area (Å²) >= 11 is 5.92. The Hall–Kier alpha value is -2.11. The lowest BCUT2D eigenvalue weighted by Crippen LogP contribution is -2.43. The monoisotopic (exact) mass is 345 g/mol. The van der Waals surface area contributed by atoms with Gasteiger partial charge in [0.15, 0.2) is 0 Å². The zero-order valence-corrected chi connectivity index (χ0v) is 14.2. The molecule has 2 heterocycles. The SMILES string of the molecule is Cc1cccc(CNC(=O)N[C@@H]2CCO[C@@H]2c2ccc(Cl)cc2)n1. The molecule has 126 valence electrons. The zero-order valence-electron chi connectivity index (χ0n) is 13.5. The summed E-state index contributed by atoms with van der Waals surface area (Å²) in [4.78, 5) is 16.5. The summed E-state index contributed by atoms with van der Waals surface area (Å²) in [5.41, 5.74) is 2.78. The Morgan fingerprint density at radius 2 is 2.08 bits per heavy atom. The van der Waals surface area contributed by atoms with Crippen LogP contribution in [0.15, 0.2) is 42.5 Å². The zero-order chi connectivity index (χ0) is 16.9. The topological polar surface area (TPSA) is 63.2 Å². The molecule has 2 atom stereocenters. The van der Waals surface area contributed by atoms with E-state index in [1.807, 2.05) is 49.4 Å². The number of benzene rings is 1. The van der Waals surface area contributed by atoms with Crippen molar-refractivity contribution in [1.82, 2.24) is 15.6 Å². The molecule has 1 aliphatic heterocycles. The van der Waals surface area contributed by atoms with E-state index >= 15 is 0 Å². The lowest BCUT2D eigenvalue weighted by Gasteiger charge is -2.20. The molecule has 2 amide bonds. The standard InChI is InChI=1S/C18H20ClN3O2/c1-12-3-2-4-15(21-12)11-20-18(23)22-16-9-10-24-17(16)13-5-7-14(19)8-6-13/h2-8,16-17H,9-11H2,1H3,(H2,20,22,23)/t16-,17-/m1/s1. The third-order valence-electron chi connectivity index (χ3n) is 3.98. The smallest absolute Gasteiger partial charge is 0.315 e. The largest absolute Gasteiger partial charge is 0.371 e. The summed E-state index contributed by atoms with van der Waals surface area (Å²) in [5, 5.41) is 6.52. The third-order valence-corrected chi connectivity index (χ3v) is 4.23. The van der Waals surface area contributed by atoms with Gasteiger partial charge in [-0.2, -0.15) is 0 Å². The fourth-order valence-corrected chi connectivity index (χ4v) is 2.93. The van der Waals surface area contributed by atoms with E-state index in [0.29, 0.717) is 18.2 Å². The number of hydrogen-bond donors (Lipinski definition) is 2. The van der Waals surface area contributed by atoms with Gasteiger partial charge in [0.25, 0.3) is 0 Å². The summed E-state index contributed by atoms with van der Waals surface area (Å²) in [5.74, 6) is 0. The van der Waals surface area contributed by atoms with Gasteiger partial charge < -0.3 is 15.4 Å². The van der Waals surface area contributed by atoms with E-state index in [1.165, 1.54) is 0 Å². The second kappa shape index (κ2) is 7.64. The molecule has 1 aliphatic rings. The number of carbonyl (C=O) groups is 1. The number of carbonyl (C=O) groups excluding carboxylic acids is 1. The van der Waals surface area contributed by atoms with E-state index in [2.05, 4.69) is 15.6 Å². The fourth-order valence-electron chi connectivity index (χ4n) is 2.81. The van der Waals surface area contributed by atoms with E-state index in [9.17, 15) is 4.79 Å². The van der Waals surface area contributed by atoms with Gasteiger partial charge in [-0.1, -0.05) is 29.8 Å². The number of pyridine rings is 1. The van der Waals surface area contributed by atoms with Crippen molar-refractivity contribution in [1.29, 1.82) is 0 Å². The molecule has 0 saturated carbocycles. The van der Waals surface area contributed by atoms with Crippen molar-refractivity contribution in [2.24, 2.45) is 0 Å². The summed E-state index contributed by atoms with van der Waals surface area (Å²) in [6, 6.07) is 13.0. The van der Waals surface area contributed by atoms with Gasteiger partial charge in [-0.05, 0) is 43.2 Å². The highest BCUT2D eigenvalue weighted by atomic mass is 35.5. The number of aromatic nitrogens is 1. The van der Waals surface area contributed by atoms with Gasteiger partial charge in [-0.15, -0.1) is 0 Å². The predicted molar refractivity (Wildman–Crippen MR) is 92.9 cm³/mol. The Morgan fingerprint density at radius 3 is 2.83 bits per heavy atom. The molecular weight excluding hydrogens is 326 g/mol. The average Bonchev–Trinajstić information content (AvgIpc) is 3.02. The molecule has 2 aromatic rings. The van der Waals surface area contributed by atoms with Crippen molar-refractivity contribution in [2.45, 2.75) is 32.0 Å². The second-order valence-electron chi connectivity index (χ2n) is 5.84. The molecule has 5 nitrogen and oxygen atoms in total. The summed E-state index contributed by atoms with van der Waals surface area (Å²) in [6.45, 7) is 2.94. The van der Waals surface area contributed by atoms with Crippen LogP contribution in [0, 0.1) is 6.92 Å². The van der Waals surface area contributed by atoms with Crippen molar-refractivity contribution in [2.75, 3.05) is 6.61 Å². The maximum atomic E-state index is 12.2. The van der Waals surface area contributed by atoms with Gasteiger partial charge in [-0.3, -0.25) is 4.98 Å². The van der Waals surface area contributed by atoms with Crippen molar-refractivity contribution in [3.05, 3.63) is 64.4 Å². The number of ether oxygens (including phenoxy) is 1. The molecule has 2 N–H and O–H groups in total. The van der Waals surface area contributed by atoms with Crippen LogP contribution in [0.5, 0.6) is 0 Å². The van der Waals surface area contributed by atoms with E-state index in [-0.39, 0.29) is 18.2 Å². The second-order valence-corrected chi connectivity index (χ2v) is 6.27. The van der Waals surface area contributed by atoms with Crippen LogP contribution >= 0.6 is 11.6 Å². The van der Waals surface area contributed by atoms with E-state index in [0.717, 1.165) is 23.4 Å². The first-order valence-corrected chi connectivity index (χ1v) is 8.33. The Kier molecular flexibility index (Phi) is 5.33. The van der Waals surface area contributed by atoms with Gasteiger partial charge in [-0.25, -0.2) is 4.79 Å². The highest BCUT2D eigenvalue weighted by Crippen LogP contribution is 2.29. The van der Waals surface area contributed by atoms with Crippen LogP contribution in [0.2, 0.25) is 5.02 Å². The van der Waals surface area contributed by atoms with Gasteiger partial charge in [0.1, 0.15) is 6.10 Å². The molecule has 0 spiro atoms. The Morgan fingerprint density at radius 1 is 1.29 bits per heavy atom. The van der Waals surface area contributed by atoms with Crippen molar-refractivity contribution in [3.8, 4) is 0 Å². The van der Waals surface area contributed by atoms with Crippen LogP contribution < -0.4 is 10.6 Å². The Bertz CT molecular complexity index is 706. The van der Waals surface area contributed by atoms with Crippen LogP contribution in [-0.4, -0.2) is 23.7 Å². The predicted octanol–water partition coefficient (Wildman–Crippen LogP) is 3.37. The quantitative estimate of drug-likeness (QED) is 0.893. The summed E-state index contributed by atoms with van der Waals surface area (Å²) in [6.07, 6.45) is 0.633. The van der Waals surface area contributed by atoms with E-state index in [1.54, 1.807) is 0 Å². The van der Waals surface area contributed by atoms with Gasteiger partial charge >= 0.3 is 6.03 Å². The first kappa shape index (κ1) is 16.7. The van der Waals surface area contributed by atoms with Crippen molar-refractivity contribution in [3.63, 3.8) is 0 Å². The normalized spacial score (nSPS) is 19.9. The molecule has 1 saturated heterocycles. The molecule has 0 bridgehead atoms. The number of nitrogens with one attached hydrogen (secondary N) is 2. The van der Waals surface area contributed by atoms with Gasteiger partial charge in [0.05, 0.1) is 18.3 Å². The number of rotatable bonds is 4. The molecule has 3 rings (SSSR count). The maximum Gasteiger partial charge on any atom is 0.315 e. The Balaban J connectivity index is 1.56. The fraction of sp³-hybridized carbons (Fsp3) is 0.333. The number of urea groups is 1. The number of nitrogens with zero attached hydrogens (tertiary/aromatic N) is 1. The van der Waals surface area contributed by atoms with Crippen LogP contribution in [0.25, 0.3) is 0 Å². The van der Waals surface area contributed by atoms with Crippen LogP contribution in [0.3, 0.4) is 0 Å². The molecule has 6 heteroatoms. The van der Waals surface area contributed by atoms with Crippen LogP contribution in [-0.2, 0) is 11.3 Å². The third kappa shape index (κ3) is 4.24. The number of halogens is 1. The lowest BCUT2D eigenvalue weighted by atomic mass is 10.0. The molecule has 1 fully saturated rings. The highest BCUT2D eigenvalue weighted by Gasteiger charge is 2.30.